The van der Waals surface area contributed by atoms with E-state index < -0.39 is 5.91 Å². The van der Waals surface area contributed by atoms with Gasteiger partial charge < -0.3 is 15.2 Å². The largest absolute Gasteiger partial charge is 0.504 e. The van der Waals surface area contributed by atoms with Gasteiger partial charge in [0, 0.05) is 23.6 Å². The maximum Gasteiger partial charge on any atom is 0.240 e. The molecule has 0 heterocycles. The molecule has 0 aliphatic carbocycles. The average molecular weight is 502 g/mol. The Hall–Kier alpha value is -2.33. The maximum absolute atomic E-state index is 11.9. The molecule has 0 aliphatic heterocycles. The molecule has 0 unspecified atom stereocenters. The zero-order valence-electron chi connectivity index (χ0n) is 14.3. The Morgan fingerprint density at radius 1 is 1.26 bits per heavy atom. The number of anilines is 1. The fourth-order valence-electron chi connectivity index (χ4n) is 2.08. The second-order valence-corrected chi connectivity index (χ2v) is 7.00. The molecule has 9 heteroatoms. The number of phenols is 1. The fourth-order valence-corrected chi connectivity index (χ4v) is 2.89. The number of amides is 2. The van der Waals surface area contributed by atoms with E-state index in [0.717, 1.165) is 0 Å². The third kappa shape index (κ3) is 6.72. The molecule has 0 aliphatic rings. The quantitative estimate of drug-likeness (QED) is 0.307. The first kappa shape index (κ1) is 21.0. The molecule has 7 nitrogen and oxygen atoms in total. The van der Waals surface area contributed by atoms with Crippen molar-refractivity contribution in [3.8, 4) is 11.5 Å². The Kier molecular flexibility index (Phi) is 7.86. The van der Waals surface area contributed by atoms with Crippen molar-refractivity contribution in [1.82, 2.24) is 5.43 Å². The van der Waals surface area contributed by atoms with Gasteiger partial charge in [-0.15, -0.1) is 0 Å². The molecule has 0 saturated carbocycles. The summed E-state index contributed by atoms with van der Waals surface area (Å²) in [7, 11) is 1.45. The van der Waals surface area contributed by atoms with Gasteiger partial charge in [0.15, 0.2) is 11.5 Å². The predicted molar refractivity (Wildman–Crippen MR) is 112 cm³/mol. The summed E-state index contributed by atoms with van der Waals surface area (Å²) in [5.74, 6) is -0.334. The molecule has 0 fully saturated rings. The molecule has 142 valence electrons. The van der Waals surface area contributed by atoms with Gasteiger partial charge in [0.25, 0.3) is 0 Å². The molecule has 0 saturated heterocycles. The van der Waals surface area contributed by atoms with Crippen LogP contribution < -0.4 is 15.5 Å². The third-order valence-electron chi connectivity index (χ3n) is 3.36. The lowest BCUT2D eigenvalue weighted by Gasteiger charge is -2.06. The van der Waals surface area contributed by atoms with E-state index in [9.17, 15) is 14.7 Å². The Bertz CT molecular complexity index is 874. The number of nitrogens with one attached hydrogen (secondary N) is 2. The van der Waals surface area contributed by atoms with Crippen LogP contribution in [0.1, 0.15) is 18.4 Å². The van der Waals surface area contributed by atoms with Gasteiger partial charge in [0.1, 0.15) is 0 Å². The number of rotatable bonds is 7. The highest BCUT2D eigenvalue weighted by Gasteiger charge is 2.09. The number of carbonyl (C=O) groups excluding carboxylic acids is 2. The fraction of sp³-hybridized carbons (Fsp3) is 0.167. The minimum atomic E-state index is -0.395. The number of hydrogen-bond acceptors (Lipinski definition) is 5. The summed E-state index contributed by atoms with van der Waals surface area (Å²) in [5.41, 5.74) is 3.57. The molecule has 0 aromatic heterocycles. The lowest BCUT2D eigenvalue weighted by Crippen LogP contribution is -2.20. The van der Waals surface area contributed by atoms with Crippen molar-refractivity contribution in [2.24, 2.45) is 5.10 Å². The minimum Gasteiger partial charge on any atom is -0.504 e. The van der Waals surface area contributed by atoms with Gasteiger partial charge in [0.05, 0.1) is 16.9 Å². The molecule has 3 N–H and O–H groups in total. The Morgan fingerprint density at radius 3 is 2.70 bits per heavy atom. The first-order chi connectivity index (χ1) is 12.9. The molecular weight excluding hydrogens is 485 g/mol. The molecule has 27 heavy (non-hydrogen) atoms. The Balaban J connectivity index is 1.81. The number of aromatic hydroxyl groups is 1. The standard InChI is InChI=1S/C18H17ClIN3O4/c1-27-15-8-11(7-14(20)18(15)26)10-21-23-17(25)6-5-16(24)22-13-4-2-3-12(19)9-13/h2-4,7-10,26H,5-6H2,1H3,(H,22,24)(H,23,25)/b21-10+. The number of hydrazone groups is 1. The molecule has 2 aromatic rings. The number of phenolic OH excluding ortho intramolecular Hbond substituents is 1. The summed E-state index contributed by atoms with van der Waals surface area (Å²) in [6.07, 6.45) is 1.42. The zero-order valence-corrected chi connectivity index (χ0v) is 17.2. The van der Waals surface area contributed by atoms with Crippen molar-refractivity contribution < 1.29 is 19.4 Å². The number of nitrogens with zero attached hydrogens (tertiary/aromatic N) is 1. The van der Waals surface area contributed by atoms with Gasteiger partial charge in [-0.3, -0.25) is 9.59 Å². The van der Waals surface area contributed by atoms with Crippen LogP contribution in [0.5, 0.6) is 11.5 Å². The van der Waals surface area contributed by atoms with Crippen LogP contribution in [0.25, 0.3) is 0 Å². The van der Waals surface area contributed by atoms with Gasteiger partial charge in [-0.05, 0) is 58.5 Å². The van der Waals surface area contributed by atoms with E-state index in [1.165, 1.54) is 13.3 Å². The molecule has 0 bridgehead atoms. The number of benzene rings is 2. The monoisotopic (exact) mass is 501 g/mol. The van der Waals surface area contributed by atoms with Crippen LogP contribution >= 0.6 is 34.2 Å². The summed E-state index contributed by atoms with van der Waals surface area (Å²) in [5, 5.41) is 16.8. The second kappa shape index (κ2) is 10.1. The van der Waals surface area contributed by atoms with Crippen molar-refractivity contribution in [3.05, 3.63) is 50.6 Å². The van der Waals surface area contributed by atoms with Crippen LogP contribution in [-0.2, 0) is 9.59 Å². The van der Waals surface area contributed by atoms with Gasteiger partial charge in [-0.1, -0.05) is 17.7 Å². The molecular formula is C18H17ClIN3O4. The minimum absolute atomic E-state index is 0.0127. The van der Waals surface area contributed by atoms with E-state index in [-0.39, 0.29) is 24.5 Å². The van der Waals surface area contributed by atoms with Crippen LogP contribution in [0.3, 0.4) is 0 Å². The highest BCUT2D eigenvalue weighted by molar-refractivity contribution is 14.1. The molecule has 0 atom stereocenters. The van der Waals surface area contributed by atoms with E-state index in [2.05, 4.69) is 15.8 Å². The van der Waals surface area contributed by atoms with E-state index >= 15 is 0 Å². The summed E-state index contributed by atoms with van der Waals surface area (Å²) in [4.78, 5) is 23.6. The van der Waals surface area contributed by atoms with Crippen molar-refractivity contribution in [2.45, 2.75) is 12.8 Å². The number of ether oxygens (including phenoxy) is 1. The van der Waals surface area contributed by atoms with E-state index in [1.807, 2.05) is 22.6 Å². The Labute approximate surface area is 174 Å². The van der Waals surface area contributed by atoms with Crippen LogP contribution in [0.4, 0.5) is 5.69 Å². The number of carbonyl (C=O) groups is 2. The molecule has 2 rings (SSSR count). The average Bonchev–Trinajstić information content (AvgIpc) is 2.62. The summed E-state index contributed by atoms with van der Waals surface area (Å²) in [6.45, 7) is 0. The van der Waals surface area contributed by atoms with Gasteiger partial charge in [-0.25, -0.2) is 5.43 Å². The van der Waals surface area contributed by atoms with Gasteiger partial charge in [-0.2, -0.15) is 5.10 Å². The van der Waals surface area contributed by atoms with Gasteiger partial charge in [0.2, 0.25) is 11.8 Å². The summed E-state index contributed by atoms with van der Waals surface area (Å²) in [6, 6.07) is 10.0. The molecule has 2 amide bonds. The lowest BCUT2D eigenvalue weighted by molar-refractivity contribution is -0.124. The first-order valence-corrected chi connectivity index (χ1v) is 9.28. The normalized spacial score (nSPS) is 10.6. The predicted octanol–water partition coefficient (Wildman–Crippen LogP) is 3.53. The Morgan fingerprint density at radius 2 is 2.00 bits per heavy atom. The SMILES string of the molecule is COc1cc(/C=N/NC(=O)CCC(=O)Nc2cccc(Cl)c2)cc(I)c1O. The van der Waals surface area contributed by atoms with E-state index in [1.54, 1.807) is 36.4 Å². The topological polar surface area (TPSA) is 100 Å². The van der Waals surface area contributed by atoms with E-state index in [4.69, 9.17) is 16.3 Å². The molecule has 0 spiro atoms. The van der Waals surface area contributed by atoms with Crippen LogP contribution in [0.15, 0.2) is 41.5 Å². The maximum atomic E-state index is 11.9. The summed E-state index contributed by atoms with van der Waals surface area (Å²) < 4.78 is 5.65. The number of methoxy groups -OCH3 is 1. The van der Waals surface area contributed by atoms with Crippen molar-refractivity contribution in [2.75, 3.05) is 12.4 Å². The molecule has 0 radical (unpaired) electrons. The van der Waals surface area contributed by atoms with E-state index in [0.29, 0.717) is 25.6 Å². The number of halogens is 2. The second-order valence-electron chi connectivity index (χ2n) is 5.41. The summed E-state index contributed by atoms with van der Waals surface area (Å²) >= 11 is 7.81. The highest BCUT2D eigenvalue weighted by Crippen LogP contribution is 2.31. The lowest BCUT2D eigenvalue weighted by atomic mass is 10.2. The van der Waals surface area contributed by atoms with Crippen LogP contribution in [0.2, 0.25) is 5.02 Å². The van der Waals surface area contributed by atoms with Crippen molar-refractivity contribution in [1.29, 1.82) is 0 Å². The third-order valence-corrected chi connectivity index (χ3v) is 4.42. The van der Waals surface area contributed by atoms with Crippen LogP contribution in [-0.4, -0.2) is 30.2 Å². The molecule has 2 aromatic carbocycles. The zero-order chi connectivity index (χ0) is 19.8. The first-order valence-electron chi connectivity index (χ1n) is 7.83. The van der Waals surface area contributed by atoms with Crippen LogP contribution in [0, 0.1) is 3.57 Å². The smallest absolute Gasteiger partial charge is 0.240 e. The highest BCUT2D eigenvalue weighted by atomic mass is 127. The van der Waals surface area contributed by atoms with Gasteiger partial charge >= 0.3 is 0 Å². The van der Waals surface area contributed by atoms with Crippen molar-refractivity contribution >= 4 is 57.9 Å². The number of hydrogen-bond donors (Lipinski definition) is 3. The van der Waals surface area contributed by atoms with Crippen molar-refractivity contribution in [3.63, 3.8) is 0 Å².